The number of nitrogens with zero attached hydrogens (tertiary/aromatic N) is 2. The number of aryl methyl sites for hydroxylation is 1. The number of carbonyl (C=O) groups is 1. The molecule has 0 spiro atoms. The van der Waals surface area contributed by atoms with Gasteiger partial charge in [0.05, 0.1) is 11.3 Å². The molecule has 1 aromatic heterocycles. The van der Waals surface area contributed by atoms with E-state index in [0.29, 0.717) is 17.3 Å². The number of aromatic nitrogens is 2. The largest absolute Gasteiger partial charge is 0.418 e. The van der Waals surface area contributed by atoms with Crippen LogP contribution in [0.5, 0.6) is 0 Å². The Kier molecular flexibility index (Phi) is 6.54. The second-order valence-electron chi connectivity index (χ2n) is 6.08. The van der Waals surface area contributed by atoms with E-state index in [1.165, 1.54) is 17.8 Å². The predicted octanol–water partition coefficient (Wildman–Crippen LogP) is 6.05. The molecule has 2 aromatic carbocycles. The van der Waals surface area contributed by atoms with Gasteiger partial charge < -0.3 is 9.88 Å². The third kappa shape index (κ3) is 5.13. The van der Waals surface area contributed by atoms with Gasteiger partial charge in [-0.25, -0.2) is 4.98 Å². The second kappa shape index (κ2) is 8.92. The molecule has 4 nitrogen and oxygen atoms in total. The highest BCUT2D eigenvalue weighted by Gasteiger charge is 2.35. The van der Waals surface area contributed by atoms with Crippen LogP contribution in [0, 0.1) is 0 Å². The Balaban J connectivity index is 1.94. The number of amides is 1. The lowest BCUT2D eigenvalue weighted by molar-refractivity contribution is -0.137. The lowest BCUT2D eigenvalue weighted by Crippen LogP contribution is -2.22. The molecule has 152 valence electrons. The van der Waals surface area contributed by atoms with Crippen molar-refractivity contribution in [1.82, 2.24) is 9.55 Å². The summed E-state index contributed by atoms with van der Waals surface area (Å²) in [5.74, 6) is -0.584. The Morgan fingerprint density at radius 1 is 1.24 bits per heavy atom. The fraction of sp³-hybridized carbons (Fsp3) is 0.200. The van der Waals surface area contributed by atoms with E-state index in [1.54, 1.807) is 42.7 Å². The quantitative estimate of drug-likeness (QED) is 0.476. The van der Waals surface area contributed by atoms with Crippen LogP contribution in [0.25, 0.3) is 0 Å². The topological polar surface area (TPSA) is 46.9 Å². The van der Waals surface area contributed by atoms with Crippen molar-refractivity contribution in [2.24, 2.45) is 0 Å². The fourth-order valence-electron chi connectivity index (χ4n) is 2.72. The van der Waals surface area contributed by atoms with Crippen LogP contribution in [0.3, 0.4) is 0 Å². The summed E-state index contributed by atoms with van der Waals surface area (Å²) in [7, 11) is 0. The number of hydrogen-bond acceptors (Lipinski definition) is 3. The molecule has 1 amide bonds. The lowest BCUT2D eigenvalue weighted by Gasteiger charge is -2.19. The Hall–Kier alpha value is -2.45. The molecular weight excluding hydrogens is 423 g/mol. The van der Waals surface area contributed by atoms with Crippen LogP contribution in [0.4, 0.5) is 18.9 Å². The van der Waals surface area contributed by atoms with Crippen molar-refractivity contribution in [3.63, 3.8) is 0 Å². The zero-order valence-corrected chi connectivity index (χ0v) is 16.9. The number of thioether (sulfide) groups is 1. The summed E-state index contributed by atoms with van der Waals surface area (Å²) in [5.41, 5.74) is -0.680. The zero-order valence-electron chi connectivity index (χ0n) is 15.3. The first kappa shape index (κ1) is 21.3. The van der Waals surface area contributed by atoms with Crippen molar-refractivity contribution in [3.8, 4) is 0 Å². The van der Waals surface area contributed by atoms with Gasteiger partial charge in [-0.15, -0.1) is 0 Å². The average molecular weight is 440 g/mol. The van der Waals surface area contributed by atoms with Crippen LogP contribution < -0.4 is 5.32 Å². The first-order chi connectivity index (χ1) is 13.8. The molecule has 0 aliphatic heterocycles. The molecule has 0 fully saturated rings. The standard InChI is InChI=1S/C20H17ClF3N3OS/c1-2-27-11-10-25-19(27)29-17(13-6-4-3-5-7-13)18(28)26-16-9-8-14(21)12-15(16)20(22,23)24/h3-12,17H,2H2,1H3,(H,26,28)/t17-/m0/s1. The minimum Gasteiger partial charge on any atom is -0.326 e. The summed E-state index contributed by atoms with van der Waals surface area (Å²) in [4.78, 5) is 17.3. The number of hydrogen-bond donors (Lipinski definition) is 1. The number of halogens is 4. The van der Waals surface area contributed by atoms with Crippen LogP contribution in [-0.2, 0) is 17.5 Å². The number of anilines is 1. The first-order valence-electron chi connectivity index (χ1n) is 8.70. The predicted molar refractivity (Wildman–Crippen MR) is 108 cm³/mol. The molecule has 0 bridgehead atoms. The summed E-state index contributed by atoms with van der Waals surface area (Å²) >= 11 is 6.89. The normalized spacial score (nSPS) is 12.6. The number of carbonyl (C=O) groups excluding carboxylic acids is 1. The second-order valence-corrected chi connectivity index (χ2v) is 7.59. The van der Waals surface area contributed by atoms with Crippen LogP contribution in [0.15, 0.2) is 66.1 Å². The molecule has 9 heteroatoms. The van der Waals surface area contributed by atoms with E-state index in [-0.39, 0.29) is 10.7 Å². The number of imidazole rings is 1. The number of rotatable bonds is 6. The molecule has 0 radical (unpaired) electrons. The smallest absolute Gasteiger partial charge is 0.326 e. The van der Waals surface area contributed by atoms with Gasteiger partial charge in [-0.05, 0) is 30.7 Å². The Morgan fingerprint density at radius 3 is 2.62 bits per heavy atom. The minimum atomic E-state index is -4.65. The number of nitrogens with one attached hydrogen (secondary N) is 1. The van der Waals surface area contributed by atoms with Crippen molar-refractivity contribution in [2.75, 3.05) is 5.32 Å². The third-order valence-electron chi connectivity index (χ3n) is 4.13. The molecule has 3 aromatic rings. The molecule has 1 heterocycles. The molecular formula is C20H17ClF3N3OS. The summed E-state index contributed by atoms with van der Waals surface area (Å²) < 4.78 is 42.0. The maximum Gasteiger partial charge on any atom is 0.418 e. The molecule has 1 N–H and O–H groups in total. The lowest BCUT2D eigenvalue weighted by atomic mass is 10.1. The van der Waals surface area contributed by atoms with E-state index in [0.717, 1.165) is 12.1 Å². The van der Waals surface area contributed by atoms with E-state index in [2.05, 4.69) is 10.3 Å². The van der Waals surface area contributed by atoms with E-state index in [1.807, 2.05) is 11.5 Å². The SMILES string of the molecule is CCn1ccnc1S[C@H](C(=O)Nc1ccc(Cl)cc1C(F)(F)F)c1ccccc1. The monoisotopic (exact) mass is 439 g/mol. The van der Waals surface area contributed by atoms with Crippen molar-refractivity contribution >= 4 is 35.0 Å². The van der Waals surface area contributed by atoms with Crippen LogP contribution in [0.2, 0.25) is 5.02 Å². The highest BCUT2D eigenvalue weighted by molar-refractivity contribution is 8.00. The summed E-state index contributed by atoms with van der Waals surface area (Å²) in [6.07, 6.45) is -1.25. The zero-order chi connectivity index (χ0) is 21.0. The molecule has 29 heavy (non-hydrogen) atoms. The van der Waals surface area contributed by atoms with Gasteiger partial charge in [0.15, 0.2) is 5.16 Å². The van der Waals surface area contributed by atoms with Crippen molar-refractivity contribution in [1.29, 1.82) is 0 Å². The van der Waals surface area contributed by atoms with Gasteiger partial charge in [0.2, 0.25) is 5.91 Å². The molecule has 0 aliphatic carbocycles. The van der Waals surface area contributed by atoms with Gasteiger partial charge in [0, 0.05) is 24.0 Å². The number of benzene rings is 2. The summed E-state index contributed by atoms with van der Waals surface area (Å²) in [6, 6.07) is 12.1. The Bertz CT molecular complexity index is 992. The van der Waals surface area contributed by atoms with Crippen molar-refractivity contribution in [2.45, 2.75) is 30.1 Å². The van der Waals surface area contributed by atoms with Gasteiger partial charge in [-0.3, -0.25) is 4.79 Å². The van der Waals surface area contributed by atoms with E-state index < -0.39 is 22.9 Å². The highest BCUT2D eigenvalue weighted by Crippen LogP contribution is 2.39. The van der Waals surface area contributed by atoms with E-state index in [4.69, 9.17) is 11.6 Å². The van der Waals surface area contributed by atoms with Gasteiger partial charge in [-0.1, -0.05) is 53.7 Å². The molecule has 0 aliphatic rings. The summed E-state index contributed by atoms with van der Waals surface area (Å²) in [6.45, 7) is 2.59. The van der Waals surface area contributed by atoms with Crippen LogP contribution >= 0.6 is 23.4 Å². The van der Waals surface area contributed by atoms with Gasteiger partial charge in [0.25, 0.3) is 0 Å². The number of alkyl halides is 3. The van der Waals surface area contributed by atoms with E-state index in [9.17, 15) is 18.0 Å². The molecule has 0 unspecified atom stereocenters. The van der Waals surface area contributed by atoms with Gasteiger partial charge in [0.1, 0.15) is 5.25 Å². The van der Waals surface area contributed by atoms with Crippen LogP contribution in [0.1, 0.15) is 23.3 Å². The van der Waals surface area contributed by atoms with Crippen LogP contribution in [-0.4, -0.2) is 15.5 Å². The fourth-order valence-corrected chi connectivity index (χ4v) is 4.01. The Labute approximate surface area is 175 Å². The molecule has 0 saturated heterocycles. The van der Waals surface area contributed by atoms with Crippen molar-refractivity contribution < 1.29 is 18.0 Å². The average Bonchev–Trinajstić information content (AvgIpc) is 3.14. The minimum absolute atomic E-state index is 0.0609. The van der Waals surface area contributed by atoms with Gasteiger partial charge >= 0.3 is 6.18 Å². The highest BCUT2D eigenvalue weighted by atomic mass is 35.5. The molecule has 1 atom stereocenters. The van der Waals surface area contributed by atoms with E-state index >= 15 is 0 Å². The maximum atomic E-state index is 13.4. The molecule has 0 saturated carbocycles. The molecule has 3 rings (SSSR count). The Morgan fingerprint density at radius 2 is 1.97 bits per heavy atom. The third-order valence-corrected chi connectivity index (χ3v) is 5.63. The maximum absolute atomic E-state index is 13.4. The summed E-state index contributed by atoms with van der Waals surface area (Å²) in [5, 5.41) is 2.17. The van der Waals surface area contributed by atoms with Crippen molar-refractivity contribution in [3.05, 3.63) is 77.1 Å². The van der Waals surface area contributed by atoms with Gasteiger partial charge in [-0.2, -0.15) is 13.2 Å². The first-order valence-corrected chi connectivity index (χ1v) is 9.95.